The fraction of sp³-hybridized carbons (Fsp3) is 0.0435. The monoisotopic (exact) mass is 379 g/mol. The number of hydrogen-bond donors (Lipinski definition) is 1. The van der Waals surface area contributed by atoms with Crippen LogP contribution in [0.2, 0.25) is 0 Å². The fourth-order valence-electron chi connectivity index (χ4n) is 3.39. The highest BCUT2D eigenvalue weighted by molar-refractivity contribution is 6.17. The van der Waals surface area contributed by atoms with Crippen LogP contribution in [0.1, 0.15) is 12.0 Å². The summed E-state index contributed by atoms with van der Waals surface area (Å²) in [6.07, 6.45) is 9.17. The van der Waals surface area contributed by atoms with Crippen LogP contribution in [-0.4, -0.2) is 26.2 Å². The number of benzene rings is 2. The fourth-order valence-corrected chi connectivity index (χ4v) is 3.39. The quantitative estimate of drug-likeness (QED) is 0.573. The molecule has 1 N–H and O–H groups in total. The first-order chi connectivity index (χ1) is 14.3. The topological polar surface area (TPSA) is 72.2 Å². The van der Waals surface area contributed by atoms with Crippen LogP contribution in [0, 0.1) is 0 Å². The minimum Gasteiger partial charge on any atom is -0.324 e. The van der Waals surface area contributed by atoms with Gasteiger partial charge in [0.05, 0.1) is 35.4 Å². The smallest absolute Gasteiger partial charge is 0.230 e. The van der Waals surface area contributed by atoms with Crippen LogP contribution < -0.4 is 5.32 Å². The molecule has 0 radical (unpaired) electrons. The lowest BCUT2D eigenvalue weighted by Crippen LogP contribution is -2.15. The normalized spacial score (nSPS) is 13.2. The predicted octanol–water partition coefficient (Wildman–Crippen LogP) is 4.40. The van der Waals surface area contributed by atoms with Crippen LogP contribution >= 0.6 is 0 Å². The van der Waals surface area contributed by atoms with E-state index in [2.05, 4.69) is 15.3 Å². The molecule has 4 aromatic rings. The Hall–Kier alpha value is -4.06. The van der Waals surface area contributed by atoms with E-state index in [9.17, 15) is 4.79 Å². The van der Waals surface area contributed by atoms with Gasteiger partial charge in [0, 0.05) is 36.0 Å². The van der Waals surface area contributed by atoms with E-state index in [1.807, 2.05) is 71.6 Å². The number of aromatic nitrogens is 3. The maximum absolute atomic E-state index is 12.6. The summed E-state index contributed by atoms with van der Waals surface area (Å²) in [4.78, 5) is 25.9. The van der Waals surface area contributed by atoms with E-state index in [1.54, 1.807) is 18.6 Å². The highest BCUT2D eigenvalue weighted by atomic mass is 16.1. The van der Waals surface area contributed by atoms with Gasteiger partial charge in [0.25, 0.3) is 0 Å². The maximum atomic E-state index is 12.6. The van der Waals surface area contributed by atoms with Crippen molar-refractivity contribution in [1.82, 2.24) is 14.5 Å². The van der Waals surface area contributed by atoms with Gasteiger partial charge < -0.3 is 9.88 Å². The molecule has 0 atom stereocenters. The molecule has 0 fully saturated rings. The number of nitrogens with one attached hydrogen (secondary N) is 1. The number of fused-ring (bicyclic) bond motifs is 1. The van der Waals surface area contributed by atoms with E-state index in [1.165, 1.54) is 0 Å². The Bertz CT molecular complexity index is 1210. The van der Waals surface area contributed by atoms with Crippen molar-refractivity contribution in [3.63, 3.8) is 0 Å². The Morgan fingerprint density at radius 3 is 2.62 bits per heavy atom. The molecule has 2 aromatic carbocycles. The van der Waals surface area contributed by atoms with E-state index in [-0.39, 0.29) is 12.3 Å². The van der Waals surface area contributed by atoms with Gasteiger partial charge in [-0.15, -0.1) is 0 Å². The third kappa shape index (κ3) is 3.43. The zero-order valence-electron chi connectivity index (χ0n) is 15.5. The molecule has 0 saturated heterocycles. The van der Waals surface area contributed by atoms with E-state index < -0.39 is 0 Å². The lowest BCUT2D eigenvalue weighted by atomic mass is 10.0. The van der Waals surface area contributed by atoms with E-state index in [0.717, 1.165) is 33.9 Å². The summed E-state index contributed by atoms with van der Waals surface area (Å²) in [5.41, 5.74) is 5.76. The summed E-state index contributed by atoms with van der Waals surface area (Å²) >= 11 is 0. The largest absolute Gasteiger partial charge is 0.324 e. The van der Waals surface area contributed by atoms with Crippen molar-refractivity contribution in [2.75, 3.05) is 5.32 Å². The van der Waals surface area contributed by atoms with Gasteiger partial charge in [0.15, 0.2) is 0 Å². The second kappa shape index (κ2) is 7.16. The molecule has 0 bridgehead atoms. The number of carbonyl (C=O) groups excluding carboxylic acids is 1. The van der Waals surface area contributed by atoms with Gasteiger partial charge in [-0.3, -0.25) is 19.8 Å². The molecule has 6 heteroatoms. The minimum atomic E-state index is -0.0861. The first kappa shape index (κ1) is 17.1. The third-order valence-electron chi connectivity index (χ3n) is 4.79. The molecule has 6 nitrogen and oxygen atoms in total. The molecule has 1 aliphatic heterocycles. The summed E-state index contributed by atoms with van der Waals surface area (Å²) < 4.78 is 1.99. The van der Waals surface area contributed by atoms with Crippen LogP contribution in [-0.2, 0) is 4.79 Å². The minimum absolute atomic E-state index is 0.0861. The van der Waals surface area contributed by atoms with Crippen molar-refractivity contribution in [3.05, 3.63) is 91.1 Å². The molecule has 29 heavy (non-hydrogen) atoms. The molecule has 1 amide bonds. The summed E-state index contributed by atoms with van der Waals surface area (Å²) in [5, 5.41) is 2.98. The zero-order valence-corrected chi connectivity index (χ0v) is 15.5. The Labute approximate surface area is 167 Å². The zero-order chi connectivity index (χ0) is 19.6. The lowest BCUT2D eigenvalue weighted by molar-refractivity contribution is -0.115. The number of nitrogens with zero attached hydrogens (tertiary/aromatic N) is 4. The first-order valence-corrected chi connectivity index (χ1v) is 9.28. The lowest BCUT2D eigenvalue weighted by Gasteiger charge is -2.08. The van der Waals surface area contributed by atoms with E-state index in [0.29, 0.717) is 5.69 Å². The van der Waals surface area contributed by atoms with Gasteiger partial charge in [-0.05, 0) is 42.0 Å². The Balaban J connectivity index is 1.55. The summed E-state index contributed by atoms with van der Waals surface area (Å²) in [5.74, 6) is -0.0861. The number of carbonyl (C=O) groups is 1. The van der Waals surface area contributed by atoms with Crippen molar-refractivity contribution in [1.29, 1.82) is 0 Å². The van der Waals surface area contributed by atoms with Crippen LogP contribution in [0.4, 0.5) is 11.4 Å². The Morgan fingerprint density at radius 2 is 1.79 bits per heavy atom. The van der Waals surface area contributed by atoms with Gasteiger partial charge in [-0.2, -0.15) is 0 Å². The first-order valence-electron chi connectivity index (χ1n) is 9.28. The van der Waals surface area contributed by atoms with Crippen molar-refractivity contribution in [3.8, 4) is 16.9 Å². The van der Waals surface area contributed by atoms with E-state index >= 15 is 0 Å². The Kier molecular flexibility index (Phi) is 4.22. The van der Waals surface area contributed by atoms with Gasteiger partial charge in [-0.25, -0.2) is 0 Å². The van der Waals surface area contributed by atoms with Crippen LogP contribution in [0.5, 0.6) is 0 Å². The average Bonchev–Trinajstić information content (AvgIpc) is 3.24. The maximum Gasteiger partial charge on any atom is 0.230 e. The third-order valence-corrected chi connectivity index (χ3v) is 4.79. The molecule has 2 aromatic heterocycles. The molecule has 0 spiro atoms. The van der Waals surface area contributed by atoms with Crippen molar-refractivity contribution < 1.29 is 4.79 Å². The molecule has 140 valence electrons. The molecule has 3 heterocycles. The van der Waals surface area contributed by atoms with Gasteiger partial charge in [0.2, 0.25) is 5.91 Å². The van der Waals surface area contributed by atoms with Gasteiger partial charge in [0.1, 0.15) is 0 Å². The number of hydrogen-bond acceptors (Lipinski definition) is 4. The summed E-state index contributed by atoms with van der Waals surface area (Å²) in [6.45, 7) is 0. The number of aliphatic imine (C=N–C) groups is 1. The molecule has 0 unspecified atom stereocenters. The van der Waals surface area contributed by atoms with Crippen LogP contribution in [0.3, 0.4) is 0 Å². The van der Waals surface area contributed by atoms with E-state index in [4.69, 9.17) is 4.99 Å². The molecular formula is C23H17N5O. The SMILES string of the molecule is O=C1CC(c2cccc(-c3cnccn3)c2)=Nc2ccc(-n3cccc3)cc2N1. The molecular weight excluding hydrogens is 362 g/mol. The predicted molar refractivity (Wildman–Crippen MR) is 113 cm³/mol. The average molecular weight is 379 g/mol. The Morgan fingerprint density at radius 1 is 0.931 bits per heavy atom. The van der Waals surface area contributed by atoms with Gasteiger partial charge >= 0.3 is 0 Å². The van der Waals surface area contributed by atoms with Crippen LogP contribution in [0.15, 0.2) is 90.6 Å². The summed E-state index contributed by atoms with van der Waals surface area (Å²) in [6, 6.07) is 17.7. The molecule has 0 aliphatic carbocycles. The molecule has 1 aliphatic rings. The van der Waals surface area contributed by atoms with Crippen molar-refractivity contribution >= 4 is 23.0 Å². The van der Waals surface area contributed by atoms with Crippen molar-refractivity contribution in [2.24, 2.45) is 4.99 Å². The molecule has 5 rings (SSSR count). The highest BCUT2D eigenvalue weighted by Crippen LogP contribution is 2.31. The van der Waals surface area contributed by atoms with Crippen molar-refractivity contribution in [2.45, 2.75) is 6.42 Å². The highest BCUT2D eigenvalue weighted by Gasteiger charge is 2.18. The standard InChI is InChI=1S/C23H17N5O/c29-23-14-20(16-4-3-5-17(12-16)22-15-24-8-9-25-22)26-19-7-6-18(13-21(19)27-23)28-10-1-2-11-28/h1-13,15H,14H2,(H,27,29). The van der Waals surface area contributed by atoms with Crippen LogP contribution in [0.25, 0.3) is 16.9 Å². The molecule has 0 saturated carbocycles. The number of amides is 1. The number of anilines is 1. The summed E-state index contributed by atoms with van der Waals surface area (Å²) in [7, 11) is 0. The second-order valence-corrected chi connectivity index (χ2v) is 6.75. The number of rotatable bonds is 3. The van der Waals surface area contributed by atoms with Gasteiger partial charge in [-0.1, -0.05) is 18.2 Å². The second-order valence-electron chi connectivity index (χ2n) is 6.75.